The highest BCUT2D eigenvalue weighted by Gasteiger charge is 2.25. The molecule has 0 saturated carbocycles. The van der Waals surface area contributed by atoms with Gasteiger partial charge in [0, 0.05) is 18.5 Å². The number of ether oxygens (including phenoxy) is 2. The van der Waals surface area contributed by atoms with E-state index in [1.807, 2.05) is 45.0 Å². The number of hydrogen-bond donors (Lipinski definition) is 3. The van der Waals surface area contributed by atoms with Gasteiger partial charge in [0.15, 0.2) is 5.82 Å². The molecule has 0 aliphatic heterocycles. The summed E-state index contributed by atoms with van der Waals surface area (Å²) in [7, 11) is 0. The number of anilines is 1. The van der Waals surface area contributed by atoms with Gasteiger partial charge in [-0.05, 0) is 26.8 Å². The van der Waals surface area contributed by atoms with Gasteiger partial charge in [0.25, 0.3) is 0 Å². The average molecular weight is 401 g/mol. The second-order valence-corrected chi connectivity index (χ2v) is 7.30. The molecule has 29 heavy (non-hydrogen) atoms. The van der Waals surface area contributed by atoms with Crippen LogP contribution in [-0.4, -0.2) is 51.1 Å². The minimum absolute atomic E-state index is 0.217. The summed E-state index contributed by atoms with van der Waals surface area (Å²) in [5.41, 5.74) is 7.95. The van der Waals surface area contributed by atoms with Gasteiger partial charge in [-0.2, -0.15) is 0 Å². The molecule has 3 aromatic rings. The van der Waals surface area contributed by atoms with Crippen LogP contribution in [0.2, 0.25) is 0 Å². The third kappa shape index (κ3) is 4.75. The number of nitrogens with two attached hydrogens (primary N) is 1. The fraction of sp³-hybridized carbons (Fsp3) is 0.450. The van der Waals surface area contributed by atoms with E-state index >= 15 is 0 Å². The largest absolute Gasteiger partial charge is 0.465 e. The number of para-hydroxylation sites is 1. The molecule has 1 amide bonds. The predicted octanol–water partition coefficient (Wildman–Crippen LogP) is 2.77. The molecule has 1 aromatic carbocycles. The first-order valence-corrected chi connectivity index (χ1v) is 9.54. The highest BCUT2D eigenvalue weighted by Crippen LogP contribution is 2.30. The van der Waals surface area contributed by atoms with E-state index in [0.717, 1.165) is 22.2 Å². The van der Waals surface area contributed by atoms with Gasteiger partial charge < -0.3 is 30.2 Å². The van der Waals surface area contributed by atoms with E-state index in [1.165, 1.54) is 0 Å². The number of fused-ring (bicyclic) bond motifs is 3. The first kappa shape index (κ1) is 20.8. The number of nitrogens with zero attached hydrogens (tertiary/aromatic N) is 3. The number of carbonyl (C=O) groups is 1. The van der Waals surface area contributed by atoms with Crippen molar-refractivity contribution >= 4 is 33.8 Å². The Balaban J connectivity index is 2.00. The van der Waals surface area contributed by atoms with Gasteiger partial charge in [-0.1, -0.05) is 18.2 Å². The Hall–Kier alpha value is -2.91. The zero-order valence-corrected chi connectivity index (χ0v) is 16.9. The SMILES string of the molecule is CCOCc1nc2c(N)nc3ccccc3c2n1CC(C)(C)OCCNC(=O)O. The highest BCUT2D eigenvalue weighted by atomic mass is 16.5. The van der Waals surface area contributed by atoms with Gasteiger partial charge in [0.05, 0.1) is 29.8 Å². The van der Waals surface area contributed by atoms with Crippen molar-refractivity contribution < 1.29 is 19.4 Å². The molecule has 4 N–H and O–H groups in total. The van der Waals surface area contributed by atoms with Crippen LogP contribution in [0.5, 0.6) is 0 Å². The van der Waals surface area contributed by atoms with Crippen LogP contribution in [0.4, 0.5) is 10.6 Å². The summed E-state index contributed by atoms with van der Waals surface area (Å²) in [5.74, 6) is 1.12. The van der Waals surface area contributed by atoms with Crippen molar-refractivity contribution in [3.63, 3.8) is 0 Å². The molecule has 2 heterocycles. The maximum atomic E-state index is 10.6. The van der Waals surface area contributed by atoms with Crippen LogP contribution in [0.15, 0.2) is 24.3 Å². The third-order valence-corrected chi connectivity index (χ3v) is 4.53. The minimum Gasteiger partial charge on any atom is -0.465 e. The number of nitrogen functional groups attached to an aromatic ring is 1. The number of benzene rings is 1. The van der Waals surface area contributed by atoms with Crippen LogP contribution in [0.25, 0.3) is 21.9 Å². The van der Waals surface area contributed by atoms with Gasteiger partial charge in [0.2, 0.25) is 0 Å². The van der Waals surface area contributed by atoms with Crippen LogP contribution in [0, 0.1) is 0 Å². The zero-order valence-electron chi connectivity index (χ0n) is 16.9. The van der Waals surface area contributed by atoms with Crippen molar-refractivity contribution in [2.45, 2.75) is 39.5 Å². The van der Waals surface area contributed by atoms with E-state index in [0.29, 0.717) is 31.1 Å². The molecule has 0 spiro atoms. The summed E-state index contributed by atoms with van der Waals surface area (Å²) < 4.78 is 13.6. The molecule has 0 aliphatic rings. The van der Waals surface area contributed by atoms with Crippen molar-refractivity contribution in [1.29, 1.82) is 0 Å². The van der Waals surface area contributed by atoms with E-state index < -0.39 is 11.7 Å². The summed E-state index contributed by atoms with van der Waals surface area (Å²) in [5, 5.41) is 12.0. The fourth-order valence-corrected chi connectivity index (χ4v) is 3.29. The van der Waals surface area contributed by atoms with Gasteiger partial charge in [0.1, 0.15) is 17.9 Å². The summed E-state index contributed by atoms with van der Waals surface area (Å²) in [4.78, 5) is 19.8. The Bertz CT molecular complexity index is 1010. The van der Waals surface area contributed by atoms with E-state index in [-0.39, 0.29) is 13.2 Å². The lowest BCUT2D eigenvalue weighted by atomic mass is 10.1. The lowest BCUT2D eigenvalue weighted by Crippen LogP contribution is -2.35. The fourth-order valence-electron chi connectivity index (χ4n) is 3.29. The first-order chi connectivity index (χ1) is 13.8. The molecular weight excluding hydrogens is 374 g/mol. The molecule has 9 heteroatoms. The number of amides is 1. The molecule has 156 valence electrons. The molecule has 0 fully saturated rings. The molecule has 9 nitrogen and oxygen atoms in total. The Kier molecular flexibility index (Phi) is 6.19. The monoisotopic (exact) mass is 401 g/mol. The number of pyridine rings is 1. The normalized spacial score (nSPS) is 12.0. The average Bonchev–Trinajstić information content (AvgIpc) is 3.02. The van der Waals surface area contributed by atoms with Crippen LogP contribution < -0.4 is 11.1 Å². The second-order valence-electron chi connectivity index (χ2n) is 7.30. The molecule has 0 radical (unpaired) electrons. The summed E-state index contributed by atoms with van der Waals surface area (Å²) in [6, 6.07) is 7.80. The lowest BCUT2D eigenvalue weighted by molar-refractivity contribution is -0.0278. The topological polar surface area (TPSA) is 125 Å². The Morgan fingerprint density at radius 3 is 2.79 bits per heavy atom. The van der Waals surface area contributed by atoms with Gasteiger partial charge in [-0.3, -0.25) is 0 Å². The third-order valence-electron chi connectivity index (χ3n) is 4.53. The summed E-state index contributed by atoms with van der Waals surface area (Å²) in [6.45, 7) is 7.72. The summed E-state index contributed by atoms with van der Waals surface area (Å²) in [6.07, 6.45) is -1.07. The zero-order chi connectivity index (χ0) is 21.0. The number of nitrogens with one attached hydrogen (secondary N) is 1. The molecule has 0 unspecified atom stereocenters. The van der Waals surface area contributed by atoms with E-state index in [4.69, 9.17) is 25.3 Å². The van der Waals surface area contributed by atoms with Crippen LogP contribution in [-0.2, 0) is 22.6 Å². The Morgan fingerprint density at radius 2 is 2.07 bits per heavy atom. The van der Waals surface area contributed by atoms with Gasteiger partial charge >= 0.3 is 6.09 Å². The number of imidazole rings is 1. The first-order valence-electron chi connectivity index (χ1n) is 9.54. The summed E-state index contributed by atoms with van der Waals surface area (Å²) >= 11 is 0. The molecule has 0 bridgehead atoms. The number of carboxylic acid groups (broad SMARTS) is 1. The predicted molar refractivity (Wildman–Crippen MR) is 111 cm³/mol. The van der Waals surface area contributed by atoms with Gasteiger partial charge in [-0.15, -0.1) is 0 Å². The second kappa shape index (κ2) is 8.62. The van der Waals surface area contributed by atoms with Crippen molar-refractivity contribution in [1.82, 2.24) is 19.9 Å². The van der Waals surface area contributed by atoms with Crippen LogP contribution in [0.1, 0.15) is 26.6 Å². The maximum Gasteiger partial charge on any atom is 0.404 e. The van der Waals surface area contributed by atoms with Crippen molar-refractivity contribution in [2.24, 2.45) is 0 Å². The number of aromatic nitrogens is 3. The van der Waals surface area contributed by atoms with Crippen molar-refractivity contribution in [3.8, 4) is 0 Å². The van der Waals surface area contributed by atoms with E-state index in [2.05, 4.69) is 14.9 Å². The number of hydrogen-bond acceptors (Lipinski definition) is 6. The minimum atomic E-state index is -1.07. The maximum absolute atomic E-state index is 10.6. The van der Waals surface area contributed by atoms with E-state index in [9.17, 15) is 4.79 Å². The molecular formula is C20H27N5O4. The van der Waals surface area contributed by atoms with Crippen LogP contribution >= 0.6 is 0 Å². The van der Waals surface area contributed by atoms with Crippen LogP contribution in [0.3, 0.4) is 0 Å². The molecule has 0 aliphatic carbocycles. The van der Waals surface area contributed by atoms with Crippen molar-refractivity contribution in [2.75, 3.05) is 25.5 Å². The lowest BCUT2D eigenvalue weighted by Gasteiger charge is -2.27. The quantitative estimate of drug-likeness (QED) is 0.471. The Labute approximate surface area is 168 Å². The van der Waals surface area contributed by atoms with Gasteiger partial charge in [-0.25, -0.2) is 14.8 Å². The molecule has 0 atom stereocenters. The highest BCUT2D eigenvalue weighted by molar-refractivity contribution is 6.06. The molecule has 0 saturated heterocycles. The Morgan fingerprint density at radius 1 is 1.31 bits per heavy atom. The molecule has 2 aromatic heterocycles. The van der Waals surface area contributed by atoms with E-state index in [1.54, 1.807) is 0 Å². The smallest absolute Gasteiger partial charge is 0.404 e. The molecule has 3 rings (SSSR count). The number of rotatable bonds is 9. The standard InChI is InChI=1S/C20H27N5O4/c1-4-28-11-15-24-16-17(13-7-5-6-8-14(13)23-18(16)21)25(15)12-20(2,3)29-10-9-22-19(26)27/h5-8,22H,4,9-12H2,1-3H3,(H2,21,23)(H,26,27). The van der Waals surface area contributed by atoms with Crippen molar-refractivity contribution in [3.05, 3.63) is 30.1 Å².